The van der Waals surface area contributed by atoms with E-state index < -0.39 is 0 Å². The number of hydrogen-bond acceptors (Lipinski definition) is 5. The van der Waals surface area contributed by atoms with Gasteiger partial charge in [0.05, 0.1) is 24.3 Å². The van der Waals surface area contributed by atoms with Gasteiger partial charge < -0.3 is 15.1 Å². The summed E-state index contributed by atoms with van der Waals surface area (Å²) in [6.45, 7) is 4.67. The van der Waals surface area contributed by atoms with Crippen molar-refractivity contribution >= 4 is 17.3 Å². The summed E-state index contributed by atoms with van der Waals surface area (Å²) in [6.07, 6.45) is 7.36. The molecule has 0 saturated carbocycles. The smallest absolute Gasteiger partial charge is 0.269 e. The maximum atomic E-state index is 13.0. The van der Waals surface area contributed by atoms with E-state index in [-0.39, 0.29) is 17.4 Å². The molecule has 2 aromatic carbocycles. The Bertz CT molecular complexity index is 1200. The first-order chi connectivity index (χ1) is 17.7. The van der Waals surface area contributed by atoms with Crippen molar-refractivity contribution in [1.82, 2.24) is 15.1 Å². The zero-order valence-electron chi connectivity index (χ0n) is 20.8. The molecule has 0 radical (unpaired) electrons. The van der Waals surface area contributed by atoms with Crippen molar-refractivity contribution in [3.8, 4) is 0 Å². The summed E-state index contributed by atoms with van der Waals surface area (Å²) in [4.78, 5) is 30.2. The second-order valence-electron chi connectivity index (χ2n) is 9.91. The average molecular weight is 486 g/mol. The normalized spacial score (nSPS) is 18.2. The Morgan fingerprint density at radius 1 is 0.861 bits per heavy atom. The molecule has 3 aromatic rings. The van der Waals surface area contributed by atoms with E-state index in [1.54, 1.807) is 12.3 Å². The molecular weight excluding hydrogens is 450 g/mol. The minimum absolute atomic E-state index is 0.0742. The molecule has 0 unspecified atom stereocenters. The maximum Gasteiger partial charge on any atom is 0.269 e. The average Bonchev–Trinajstić information content (AvgIpc) is 2.94. The molecule has 7 nitrogen and oxygen atoms in total. The van der Waals surface area contributed by atoms with E-state index in [0.29, 0.717) is 19.6 Å². The third-order valence-electron chi connectivity index (χ3n) is 7.31. The lowest BCUT2D eigenvalue weighted by Gasteiger charge is -2.33. The molecule has 36 heavy (non-hydrogen) atoms. The van der Waals surface area contributed by atoms with Crippen LogP contribution in [0.25, 0.3) is 0 Å². The van der Waals surface area contributed by atoms with Crippen LogP contribution in [0, 0.1) is 5.92 Å². The molecule has 3 heterocycles. The van der Waals surface area contributed by atoms with Crippen molar-refractivity contribution in [3.63, 3.8) is 0 Å². The third-order valence-corrected chi connectivity index (χ3v) is 7.31. The standard InChI is InChI=1S/C29H35N5O2/c35-28-18-27(20-31-34(28)21-24-8-3-1-4-9-24)33-17-7-10-25(22-33)29(36)30-19-23-11-13-26(14-12-23)32-15-5-2-6-16-32/h1,3-4,8-9,11-14,18,20,25H,2,5-7,10,15-17,19,21-22H2,(H,30,36)/t25-/m0/s1. The molecule has 0 bridgehead atoms. The summed E-state index contributed by atoms with van der Waals surface area (Å²) < 4.78 is 1.48. The van der Waals surface area contributed by atoms with Gasteiger partial charge in [-0.15, -0.1) is 0 Å². The summed E-state index contributed by atoms with van der Waals surface area (Å²) in [7, 11) is 0. The number of anilines is 2. The number of piperidine rings is 2. The van der Waals surface area contributed by atoms with E-state index in [9.17, 15) is 9.59 Å². The molecule has 2 fully saturated rings. The number of benzene rings is 2. The van der Waals surface area contributed by atoms with Gasteiger partial charge in [0.1, 0.15) is 0 Å². The van der Waals surface area contributed by atoms with Gasteiger partial charge in [0.25, 0.3) is 5.56 Å². The molecular formula is C29H35N5O2. The molecule has 2 aliphatic heterocycles. The number of aromatic nitrogens is 2. The fraction of sp³-hybridized carbons (Fsp3) is 0.414. The van der Waals surface area contributed by atoms with E-state index in [1.807, 2.05) is 30.3 Å². The molecule has 188 valence electrons. The lowest BCUT2D eigenvalue weighted by molar-refractivity contribution is -0.125. The van der Waals surface area contributed by atoms with Gasteiger partial charge in [0.15, 0.2) is 0 Å². The Balaban J connectivity index is 1.15. The minimum atomic E-state index is -0.129. The highest BCUT2D eigenvalue weighted by molar-refractivity contribution is 5.79. The van der Waals surface area contributed by atoms with Gasteiger partial charge in [0, 0.05) is 44.5 Å². The zero-order valence-corrected chi connectivity index (χ0v) is 20.8. The Labute approximate surface area is 212 Å². The van der Waals surface area contributed by atoms with Crippen molar-refractivity contribution in [2.45, 2.75) is 45.2 Å². The van der Waals surface area contributed by atoms with E-state index >= 15 is 0 Å². The number of rotatable bonds is 7. The Kier molecular flexibility index (Phi) is 7.64. The van der Waals surface area contributed by atoms with E-state index in [0.717, 1.165) is 49.3 Å². The van der Waals surface area contributed by atoms with Crippen LogP contribution < -0.4 is 20.7 Å². The van der Waals surface area contributed by atoms with Crippen LogP contribution in [0.4, 0.5) is 11.4 Å². The lowest BCUT2D eigenvalue weighted by atomic mass is 9.96. The van der Waals surface area contributed by atoms with Crippen LogP contribution >= 0.6 is 0 Å². The molecule has 0 aliphatic carbocycles. The third kappa shape index (κ3) is 5.96. The molecule has 1 aromatic heterocycles. The molecule has 0 spiro atoms. The van der Waals surface area contributed by atoms with Crippen LogP contribution in [-0.4, -0.2) is 41.9 Å². The highest BCUT2D eigenvalue weighted by Crippen LogP contribution is 2.23. The molecule has 2 aliphatic rings. The van der Waals surface area contributed by atoms with Crippen molar-refractivity contribution in [1.29, 1.82) is 0 Å². The van der Waals surface area contributed by atoms with Gasteiger partial charge in [-0.05, 0) is 55.4 Å². The van der Waals surface area contributed by atoms with E-state index in [4.69, 9.17) is 0 Å². The first-order valence-corrected chi connectivity index (χ1v) is 13.1. The Morgan fingerprint density at radius 2 is 1.61 bits per heavy atom. The fourth-order valence-electron chi connectivity index (χ4n) is 5.21. The van der Waals surface area contributed by atoms with Gasteiger partial charge in [-0.25, -0.2) is 4.68 Å². The molecule has 1 amide bonds. The quantitative estimate of drug-likeness (QED) is 0.551. The summed E-state index contributed by atoms with van der Waals surface area (Å²) in [5, 5.41) is 7.52. The van der Waals surface area contributed by atoms with Crippen LogP contribution in [0.15, 0.2) is 71.7 Å². The topological polar surface area (TPSA) is 70.5 Å². The monoisotopic (exact) mass is 485 g/mol. The first kappa shape index (κ1) is 24.1. The van der Waals surface area contributed by atoms with Gasteiger partial charge in [-0.1, -0.05) is 42.5 Å². The fourth-order valence-corrected chi connectivity index (χ4v) is 5.21. The van der Waals surface area contributed by atoms with Crippen molar-refractivity contribution in [2.75, 3.05) is 36.0 Å². The van der Waals surface area contributed by atoms with Crippen LogP contribution in [0.2, 0.25) is 0 Å². The summed E-state index contributed by atoms with van der Waals surface area (Å²) in [5.41, 5.74) is 4.08. The number of nitrogens with zero attached hydrogens (tertiary/aromatic N) is 4. The summed E-state index contributed by atoms with van der Waals surface area (Å²) in [5.74, 6) is -0.0247. The van der Waals surface area contributed by atoms with E-state index in [2.05, 4.69) is 44.5 Å². The number of hydrogen-bond donors (Lipinski definition) is 1. The van der Waals surface area contributed by atoms with Crippen molar-refractivity contribution in [2.24, 2.45) is 5.92 Å². The summed E-state index contributed by atoms with van der Waals surface area (Å²) >= 11 is 0. The predicted molar refractivity (Wildman–Crippen MR) is 143 cm³/mol. The number of carbonyl (C=O) groups is 1. The van der Waals surface area contributed by atoms with Gasteiger partial charge in [0.2, 0.25) is 5.91 Å². The first-order valence-electron chi connectivity index (χ1n) is 13.1. The van der Waals surface area contributed by atoms with Crippen LogP contribution in [0.1, 0.15) is 43.2 Å². The van der Waals surface area contributed by atoms with Crippen LogP contribution in [-0.2, 0) is 17.9 Å². The lowest BCUT2D eigenvalue weighted by Crippen LogP contribution is -2.43. The van der Waals surface area contributed by atoms with Gasteiger partial charge in [-0.3, -0.25) is 9.59 Å². The SMILES string of the molecule is O=C(NCc1ccc(N2CCCCC2)cc1)[C@H]1CCCN(c2cnn(Cc3ccccc3)c(=O)c2)C1. The second kappa shape index (κ2) is 11.4. The number of carbonyl (C=O) groups excluding carboxylic acids is 1. The van der Waals surface area contributed by atoms with Gasteiger partial charge in [-0.2, -0.15) is 5.10 Å². The van der Waals surface area contributed by atoms with E-state index in [1.165, 1.54) is 29.6 Å². The Hall–Kier alpha value is -3.61. The second-order valence-corrected chi connectivity index (χ2v) is 9.91. The van der Waals surface area contributed by atoms with Gasteiger partial charge >= 0.3 is 0 Å². The molecule has 1 atom stereocenters. The van der Waals surface area contributed by atoms with Crippen LogP contribution in [0.5, 0.6) is 0 Å². The summed E-state index contributed by atoms with van der Waals surface area (Å²) in [6, 6.07) is 20.1. The Morgan fingerprint density at radius 3 is 2.36 bits per heavy atom. The van der Waals surface area contributed by atoms with Crippen molar-refractivity contribution in [3.05, 3.63) is 88.3 Å². The number of amides is 1. The molecule has 1 N–H and O–H groups in total. The molecule has 5 rings (SSSR count). The highest BCUT2D eigenvalue weighted by atomic mass is 16.2. The number of nitrogens with one attached hydrogen (secondary N) is 1. The maximum absolute atomic E-state index is 13.0. The van der Waals surface area contributed by atoms with Crippen LogP contribution in [0.3, 0.4) is 0 Å². The molecule has 2 saturated heterocycles. The predicted octanol–water partition coefficient (Wildman–Crippen LogP) is 3.81. The minimum Gasteiger partial charge on any atom is -0.372 e. The van der Waals surface area contributed by atoms with Crippen molar-refractivity contribution < 1.29 is 4.79 Å². The zero-order chi connectivity index (χ0) is 24.7. The molecule has 7 heteroatoms. The highest BCUT2D eigenvalue weighted by Gasteiger charge is 2.26. The largest absolute Gasteiger partial charge is 0.372 e.